The number of ether oxygens (including phenoxy) is 1. The normalized spacial score (nSPS) is 21.2. The summed E-state index contributed by atoms with van der Waals surface area (Å²) in [6.07, 6.45) is 2.29. The molecule has 1 heterocycles. The summed E-state index contributed by atoms with van der Waals surface area (Å²) in [5.41, 5.74) is -0.454. The van der Waals surface area contributed by atoms with Crippen molar-refractivity contribution >= 4 is 11.9 Å². The summed E-state index contributed by atoms with van der Waals surface area (Å²) in [5.74, 6) is 0.495. The first-order valence-electron chi connectivity index (χ1n) is 6.25. The summed E-state index contributed by atoms with van der Waals surface area (Å²) in [4.78, 5) is 24.7. The van der Waals surface area contributed by atoms with E-state index in [1.165, 1.54) is 0 Å². The smallest absolute Gasteiger partial charge is 0.410 e. The second kappa shape index (κ2) is 5.52. The molecule has 0 aromatic rings. The van der Waals surface area contributed by atoms with Gasteiger partial charge in [-0.15, -0.1) is 0 Å². The van der Waals surface area contributed by atoms with Gasteiger partial charge in [0.05, 0.1) is 0 Å². The van der Waals surface area contributed by atoms with Gasteiger partial charge in [0.25, 0.3) is 0 Å². The fourth-order valence-corrected chi connectivity index (χ4v) is 2.13. The molecule has 1 aliphatic heterocycles. The topological polar surface area (TPSA) is 46.6 Å². The summed E-state index contributed by atoms with van der Waals surface area (Å²) in [6.45, 7) is 8.58. The number of piperidine rings is 1. The molecular weight excluding hydrogens is 218 g/mol. The van der Waals surface area contributed by atoms with Crippen LogP contribution in [0.2, 0.25) is 0 Å². The summed E-state index contributed by atoms with van der Waals surface area (Å²) in [5, 5.41) is 0. The van der Waals surface area contributed by atoms with Gasteiger partial charge in [0.1, 0.15) is 11.4 Å². The highest BCUT2D eigenvalue weighted by atomic mass is 16.6. The van der Waals surface area contributed by atoms with Gasteiger partial charge in [-0.3, -0.25) is 0 Å². The van der Waals surface area contributed by atoms with Crippen molar-refractivity contribution in [3.8, 4) is 0 Å². The number of amides is 1. The Morgan fingerprint density at radius 3 is 2.53 bits per heavy atom. The number of ketones is 1. The number of nitrogens with zero attached hydrogens (tertiary/aromatic N) is 1. The van der Waals surface area contributed by atoms with Gasteiger partial charge in [-0.2, -0.15) is 0 Å². The lowest BCUT2D eigenvalue weighted by Crippen LogP contribution is -2.43. The maximum Gasteiger partial charge on any atom is 0.410 e. The Hall–Kier alpha value is -1.06. The van der Waals surface area contributed by atoms with Crippen molar-refractivity contribution in [1.29, 1.82) is 0 Å². The largest absolute Gasteiger partial charge is 0.444 e. The number of likely N-dealkylation sites (tertiary alicyclic amines) is 1. The summed E-state index contributed by atoms with van der Waals surface area (Å²) in [6, 6.07) is 0. The van der Waals surface area contributed by atoms with Crippen LogP contribution in [0.4, 0.5) is 4.79 Å². The molecule has 1 aliphatic rings. The first-order chi connectivity index (χ1) is 7.78. The average molecular weight is 241 g/mol. The summed E-state index contributed by atoms with van der Waals surface area (Å²) >= 11 is 0. The van der Waals surface area contributed by atoms with Gasteiger partial charge in [-0.1, -0.05) is 0 Å². The summed E-state index contributed by atoms with van der Waals surface area (Å²) < 4.78 is 5.33. The number of carbonyl (C=O) groups is 2. The molecule has 4 nitrogen and oxygen atoms in total. The van der Waals surface area contributed by atoms with Crippen LogP contribution in [0, 0.1) is 5.92 Å². The van der Waals surface area contributed by atoms with Crippen molar-refractivity contribution < 1.29 is 14.3 Å². The molecule has 0 spiro atoms. The standard InChI is InChI=1S/C13H23NO3/c1-10(15)8-11-6-5-7-14(9-11)12(16)17-13(2,3)4/h11H,5-9H2,1-4H3. The van der Waals surface area contributed by atoms with Gasteiger partial charge in [0, 0.05) is 19.5 Å². The zero-order valence-corrected chi connectivity index (χ0v) is 11.3. The van der Waals surface area contributed by atoms with E-state index in [1.54, 1.807) is 11.8 Å². The molecule has 1 atom stereocenters. The fourth-order valence-electron chi connectivity index (χ4n) is 2.13. The van der Waals surface area contributed by atoms with Gasteiger partial charge in [-0.25, -0.2) is 4.79 Å². The molecule has 98 valence electrons. The molecule has 0 aliphatic carbocycles. The van der Waals surface area contributed by atoms with Gasteiger partial charge in [-0.05, 0) is 46.5 Å². The second-order valence-electron chi connectivity index (χ2n) is 5.84. The molecule has 0 N–H and O–H groups in total. The number of hydrogen-bond donors (Lipinski definition) is 0. The molecule has 0 aromatic carbocycles. The van der Waals surface area contributed by atoms with E-state index in [0.29, 0.717) is 18.9 Å². The van der Waals surface area contributed by atoms with Gasteiger partial charge in [0.2, 0.25) is 0 Å². The number of carbonyl (C=O) groups excluding carboxylic acids is 2. The van der Waals surface area contributed by atoms with Crippen molar-refractivity contribution in [3.05, 3.63) is 0 Å². The minimum absolute atomic E-state index is 0.195. The van der Waals surface area contributed by atoms with E-state index in [2.05, 4.69) is 0 Å². The van der Waals surface area contributed by atoms with Crippen LogP contribution in [0.5, 0.6) is 0 Å². The highest BCUT2D eigenvalue weighted by Gasteiger charge is 2.27. The van der Waals surface area contributed by atoms with Crippen LogP contribution >= 0.6 is 0 Å². The second-order valence-corrected chi connectivity index (χ2v) is 5.84. The minimum atomic E-state index is -0.454. The zero-order chi connectivity index (χ0) is 13.1. The number of hydrogen-bond acceptors (Lipinski definition) is 3. The van der Waals surface area contributed by atoms with Gasteiger partial charge in [0.15, 0.2) is 0 Å². The van der Waals surface area contributed by atoms with Crippen molar-refractivity contribution in [2.24, 2.45) is 5.92 Å². The van der Waals surface area contributed by atoms with Gasteiger partial charge < -0.3 is 14.4 Å². The molecule has 4 heteroatoms. The molecule has 1 unspecified atom stereocenters. The third-order valence-electron chi connectivity index (χ3n) is 2.75. The lowest BCUT2D eigenvalue weighted by atomic mass is 9.93. The van der Waals surface area contributed by atoms with E-state index in [-0.39, 0.29) is 11.9 Å². The molecule has 0 radical (unpaired) electrons. The van der Waals surface area contributed by atoms with E-state index in [4.69, 9.17) is 4.74 Å². The molecule has 1 rings (SSSR count). The van der Waals surface area contributed by atoms with Crippen LogP contribution in [0.3, 0.4) is 0 Å². The first-order valence-corrected chi connectivity index (χ1v) is 6.25. The SMILES string of the molecule is CC(=O)CC1CCCN(C(=O)OC(C)(C)C)C1. The molecule has 17 heavy (non-hydrogen) atoms. The Morgan fingerprint density at radius 2 is 2.00 bits per heavy atom. The average Bonchev–Trinajstić information content (AvgIpc) is 2.14. The molecule has 1 amide bonds. The zero-order valence-electron chi connectivity index (χ0n) is 11.3. The lowest BCUT2D eigenvalue weighted by Gasteiger charge is -2.33. The van der Waals surface area contributed by atoms with Crippen LogP contribution in [0.1, 0.15) is 47.0 Å². The third-order valence-corrected chi connectivity index (χ3v) is 2.75. The van der Waals surface area contributed by atoms with Crippen LogP contribution in [-0.2, 0) is 9.53 Å². The number of rotatable bonds is 2. The van der Waals surface area contributed by atoms with Gasteiger partial charge >= 0.3 is 6.09 Å². The highest BCUT2D eigenvalue weighted by molar-refractivity contribution is 5.76. The monoisotopic (exact) mass is 241 g/mol. The number of Topliss-reactive ketones (excluding diaryl/α,β-unsaturated/α-hetero) is 1. The molecule has 1 fully saturated rings. The van der Waals surface area contributed by atoms with Crippen molar-refractivity contribution in [3.63, 3.8) is 0 Å². The van der Waals surface area contributed by atoms with Crippen molar-refractivity contribution in [2.75, 3.05) is 13.1 Å². The minimum Gasteiger partial charge on any atom is -0.444 e. The Balaban J connectivity index is 2.49. The van der Waals surface area contributed by atoms with E-state index in [1.807, 2.05) is 20.8 Å². The molecule has 0 aromatic heterocycles. The maximum absolute atomic E-state index is 11.9. The maximum atomic E-state index is 11.9. The van der Waals surface area contributed by atoms with E-state index >= 15 is 0 Å². The van der Waals surface area contributed by atoms with Crippen LogP contribution < -0.4 is 0 Å². The van der Waals surface area contributed by atoms with Crippen LogP contribution in [-0.4, -0.2) is 35.5 Å². The Morgan fingerprint density at radius 1 is 1.35 bits per heavy atom. The Kier molecular flexibility index (Phi) is 4.54. The van der Waals surface area contributed by atoms with Crippen LogP contribution in [0.15, 0.2) is 0 Å². The summed E-state index contributed by atoms with van der Waals surface area (Å²) in [7, 11) is 0. The Bertz CT molecular complexity index is 294. The molecular formula is C13H23NO3. The molecule has 0 saturated carbocycles. The van der Waals surface area contributed by atoms with E-state index in [0.717, 1.165) is 19.4 Å². The highest BCUT2D eigenvalue weighted by Crippen LogP contribution is 2.21. The predicted molar refractivity (Wildman–Crippen MR) is 65.8 cm³/mol. The van der Waals surface area contributed by atoms with Crippen molar-refractivity contribution in [1.82, 2.24) is 4.90 Å². The molecule has 1 saturated heterocycles. The lowest BCUT2D eigenvalue weighted by molar-refractivity contribution is -0.118. The quantitative estimate of drug-likeness (QED) is 0.746. The van der Waals surface area contributed by atoms with E-state index in [9.17, 15) is 9.59 Å². The predicted octanol–water partition coefficient (Wildman–Crippen LogP) is 2.61. The van der Waals surface area contributed by atoms with Crippen molar-refractivity contribution in [2.45, 2.75) is 52.6 Å². The fraction of sp³-hybridized carbons (Fsp3) is 0.846. The third kappa shape index (κ3) is 5.20. The molecule has 0 bridgehead atoms. The Labute approximate surface area is 103 Å². The van der Waals surface area contributed by atoms with Crippen LogP contribution in [0.25, 0.3) is 0 Å². The first kappa shape index (κ1) is 14.0. The van der Waals surface area contributed by atoms with E-state index < -0.39 is 5.60 Å².